The highest BCUT2D eigenvalue weighted by molar-refractivity contribution is 5.84. The number of carboxylic acid groups (broad SMARTS) is 7. The molecule has 2 aromatic rings. The van der Waals surface area contributed by atoms with E-state index in [-0.39, 0.29) is 19.4 Å². The number of para-hydroxylation sites is 1. The molecule has 4 atom stereocenters. The van der Waals surface area contributed by atoms with E-state index in [1.807, 2.05) is 44.3 Å². The van der Waals surface area contributed by atoms with Gasteiger partial charge in [0.05, 0.1) is 13.0 Å². The number of hydrogen-bond acceptors (Lipinski definition) is 12. The molecular weight excluding hydrogens is 644 g/mol. The Bertz CT molecular complexity index is 1320. The van der Waals surface area contributed by atoms with Crippen molar-refractivity contribution in [2.45, 2.75) is 70.1 Å². The van der Waals surface area contributed by atoms with Crippen LogP contribution in [0.1, 0.15) is 45.1 Å². The molecule has 1 aromatic carbocycles. The lowest BCUT2D eigenvalue weighted by Gasteiger charge is -2.07. The maximum atomic E-state index is 10.6. The molecule has 0 radical (unpaired) electrons. The van der Waals surface area contributed by atoms with Crippen LogP contribution in [-0.4, -0.2) is 113 Å². The number of benzene rings is 1. The van der Waals surface area contributed by atoms with Crippen molar-refractivity contribution in [2.24, 2.45) is 34.6 Å². The minimum absolute atomic E-state index is 0.0231. The smallest absolute Gasteiger partial charge is 0.321 e. The van der Waals surface area contributed by atoms with Crippen LogP contribution in [0.3, 0.4) is 0 Å². The first kappa shape index (κ1) is 47.3. The van der Waals surface area contributed by atoms with Crippen molar-refractivity contribution in [2.75, 3.05) is 6.54 Å². The van der Waals surface area contributed by atoms with E-state index in [9.17, 15) is 33.6 Å². The third-order valence-electron chi connectivity index (χ3n) is 5.35. The number of carboxylic acids is 7. The molecule has 2 rings (SSSR count). The van der Waals surface area contributed by atoms with E-state index in [0.29, 0.717) is 18.8 Å². The third-order valence-corrected chi connectivity index (χ3v) is 5.35. The van der Waals surface area contributed by atoms with Crippen LogP contribution in [-0.2, 0) is 40.0 Å². The Morgan fingerprint density at radius 2 is 1.12 bits per heavy atom. The molecule has 272 valence electrons. The van der Waals surface area contributed by atoms with Gasteiger partial charge in [0, 0.05) is 29.9 Å². The van der Waals surface area contributed by atoms with E-state index in [2.05, 4.69) is 10.7 Å². The fourth-order valence-corrected chi connectivity index (χ4v) is 2.91. The molecule has 18 N–H and O–H groups in total. The number of hydrogen-bond donors (Lipinski definition) is 13. The van der Waals surface area contributed by atoms with Gasteiger partial charge in [-0.2, -0.15) is 0 Å². The van der Waals surface area contributed by atoms with Crippen molar-refractivity contribution in [3.63, 3.8) is 0 Å². The topological polar surface area (TPSA) is 407 Å². The number of H-pyrrole nitrogens is 1. The minimum atomic E-state index is -1.29. The molecule has 0 aliphatic heterocycles. The molecule has 20 heteroatoms. The van der Waals surface area contributed by atoms with Gasteiger partial charge in [-0.1, -0.05) is 32.0 Å². The quantitative estimate of drug-likeness (QED) is 0.110. The molecule has 1 heterocycles. The predicted molar refractivity (Wildman–Crippen MR) is 170 cm³/mol. The second kappa shape index (κ2) is 26.0. The summed E-state index contributed by atoms with van der Waals surface area (Å²) in [6.45, 7) is 3.62. The molecule has 1 aromatic heterocycles. The summed E-state index contributed by atoms with van der Waals surface area (Å²) in [5.41, 5.74) is 27.1. The van der Waals surface area contributed by atoms with Crippen molar-refractivity contribution < 1.29 is 69.3 Å². The number of rotatable bonds is 14. The van der Waals surface area contributed by atoms with Gasteiger partial charge in [-0.3, -0.25) is 33.6 Å². The highest BCUT2D eigenvalue weighted by Crippen LogP contribution is 2.18. The molecular formula is C28H46N6O14. The molecule has 0 aliphatic rings. The van der Waals surface area contributed by atoms with Crippen molar-refractivity contribution in [3.8, 4) is 0 Å². The molecule has 0 aliphatic carbocycles. The average molecular weight is 691 g/mol. The summed E-state index contributed by atoms with van der Waals surface area (Å²) in [6, 6.07) is 3.87. The Kier molecular flexibility index (Phi) is 25.6. The summed E-state index contributed by atoms with van der Waals surface area (Å²) in [6.07, 6.45) is 1.95. The van der Waals surface area contributed by atoms with Crippen LogP contribution < -0.4 is 28.7 Å². The number of aromatic nitrogens is 1. The number of fused-ring (bicyclic) bond motifs is 1. The van der Waals surface area contributed by atoms with Gasteiger partial charge in [-0.05, 0) is 30.4 Å². The van der Waals surface area contributed by atoms with E-state index in [0.717, 1.165) is 16.5 Å². The first-order chi connectivity index (χ1) is 22.1. The highest BCUT2D eigenvalue weighted by Gasteiger charge is 2.16. The third kappa shape index (κ3) is 26.1. The normalized spacial score (nSPS) is 12.3. The molecule has 0 spiro atoms. The molecule has 0 saturated heterocycles. The molecule has 0 amide bonds. The zero-order valence-electron chi connectivity index (χ0n) is 26.4. The van der Waals surface area contributed by atoms with Gasteiger partial charge in [0.25, 0.3) is 0 Å². The van der Waals surface area contributed by atoms with Crippen LogP contribution in [0.15, 0.2) is 30.5 Å². The Balaban J connectivity index is -0.000000551. The van der Waals surface area contributed by atoms with Gasteiger partial charge in [0.15, 0.2) is 0 Å². The zero-order valence-corrected chi connectivity index (χ0v) is 26.4. The van der Waals surface area contributed by atoms with Crippen molar-refractivity contribution in [1.82, 2.24) is 4.98 Å². The summed E-state index contributed by atoms with van der Waals surface area (Å²) in [4.78, 5) is 72.6. The SMILES string of the molecule is CC(C)C[C@H](N)C(=O)O.NCC(=O)O.N[C@@H](CC(=O)O)C(=O)O.N[C@@H](CCC(=O)O)C(=O)O.N[C@@H](Cc1c[nH]c2ccccc12)C(=O)O. The van der Waals surface area contributed by atoms with Crippen molar-refractivity contribution in [1.29, 1.82) is 0 Å². The van der Waals surface area contributed by atoms with Crippen LogP contribution in [0.5, 0.6) is 0 Å². The lowest BCUT2D eigenvalue weighted by atomic mass is 10.1. The number of aromatic amines is 1. The molecule has 0 unspecified atom stereocenters. The maximum absolute atomic E-state index is 10.6. The Hall–Kier alpha value is -5.15. The average Bonchev–Trinajstić information content (AvgIpc) is 3.38. The molecule has 0 fully saturated rings. The van der Waals surface area contributed by atoms with E-state index >= 15 is 0 Å². The lowest BCUT2D eigenvalue weighted by Crippen LogP contribution is -2.32. The van der Waals surface area contributed by atoms with Gasteiger partial charge in [0.2, 0.25) is 0 Å². The molecule has 20 nitrogen and oxygen atoms in total. The van der Waals surface area contributed by atoms with Crippen LogP contribution in [0.2, 0.25) is 0 Å². The number of carbonyl (C=O) groups is 7. The monoisotopic (exact) mass is 690 g/mol. The molecule has 48 heavy (non-hydrogen) atoms. The molecule has 0 bridgehead atoms. The zero-order chi connectivity index (χ0) is 38.1. The summed E-state index contributed by atoms with van der Waals surface area (Å²) in [5, 5.41) is 58.0. The largest absolute Gasteiger partial charge is 0.481 e. The minimum Gasteiger partial charge on any atom is -0.481 e. The second-order valence-electron chi connectivity index (χ2n) is 10.1. The van der Waals surface area contributed by atoms with Gasteiger partial charge < -0.3 is 69.4 Å². The lowest BCUT2D eigenvalue weighted by molar-refractivity contribution is -0.144. The summed E-state index contributed by atoms with van der Waals surface area (Å²) in [7, 11) is 0. The van der Waals surface area contributed by atoms with E-state index < -0.39 is 72.4 Å². The Morgan fingerprint density at radius 3 is 1.46 bits per heavy atom. The van der Waals surface area contributed by atoms with Crippen LogP contribution >= 0.6 is 0 Å². The maximum Gasteiger partial charge on any atom is 0.321 e. The van der Waals surface area contributed by atoms with Crippen LogP contribution in [0, 0.1) is 5.92 Å². The van der Waals surface area contributed by atoms with Gasteiger partial charge in [-0.15, -0.1) is 0 Å². The van der Waals surface area contributed by atoms with Gasteiger partial charge in [-0.25, -0.2) is 0 Å². The van der Waals surface area contributed by atoms with E-state index in [1.165, 1.54) is 0 Å². The fraction of sp³-hybridized carbons (Fsp3) is 0.464. The summed E-state index contributed by atoms with van der Waals surface area (Å²) in [5.74, 6) is -7.19. The first-order valence-electron chi connectivity index (χ1n) is 13.9. The van der Waals surface area contributed by atoms with Crippen molar-refractivity contribution in [3.05, 3.63) is 36.0 Å². The van der Waals surface area contributed by atoms with Gasteiger partial charge in [0.1, 0.15) is 24.2 Å². The number of nitrogens with two attached hydrogens (primary N) is 5. The molecule has 0 saturated carbocycles. The van der Waals surface area contributed by atoms with Crippen LogP contribution in [0.4, 0.5) is 0 Å². The fourth-order valence-electron chi connectivity index (χ4n) is 2.91. The van der Waals surface area contributed by atoms with E-state index in [1.54, 1.807) is 0 Å². The second-order valence-corrected chi connectivity index (χ2v) is 10.1. The van der Waals surface area contributed by atoms with Crippen LogP contribution in [0.25, 0.3) is 10.9 Å². The highest BCUT2D eigenvalue weighted by atomic mass is 16.4. The van der Waals surface area contributed by atoms with Gasteiger partial charge >= 0.3 is 41.8 Å². The summed E-state index contributed by atoms with van der Waals surface area (Å²) >= 11 is 0. The first-order valence-corrected chi connectivity index (χ1v) is 13.9. The number of nitrogens with one attached hydrogen (secondary N) is 1. The van der Waals surface area contributed by atoms with E-state index in [4.69, 9.17) is 58.7 Å². The summed E-state index contributed by atoms with van der Waals surface area (Å²) < 4.78 is 0. The number of aliphatic carboxylic acids is 7. The Labute approximate surface area is 274 Å². The standard InChI is InChI=1S/C11H12N2O2.C6H13NO2.C5H9NO4.C4H7NO4.C2H5NO2/c12-9(11(14)15)5-7-6-13-10-4-2-1-3-8(7)10;1-4(2)3-5(7)6(8)9;6-3(5(9)10)1-2-4(7)8;5-2(4(8)9)1-3(6)7;3-1-2(4)5/h1-4,6,9,13H,5,12H2,(H,14,15);4-5H,3,7H2,1-2H3,(H,8,9);3H,1-2,6H2,(H,7,8)(H,9,10);2H,1,5H2,(H,6,7)(H,8,9);1,3H2,(H,4,5)/t9-;5-;3-;2-;/m0000./s1. The predicted octanol–water partition coefficient (Wildman–Crippen LogP) is -1.27. The Morgan fingerprint density at radius 1 is 0.667 bits per heavy atom. The van der Waals surface area contributed by atoms with Crippen molar-refractivity contribution >= 4 is 52.7 Å².